The zero-order valence-corrected chi connectivity index (χ0v) is 16.2. The lowest BCUT2D eigenvalue weighted by atomic mass is 10.1. The third kappa shape index (κ3) is 3.56. The van der Waals surface area contributed by atoms with Gasteiger partial charge in [0.15, 0.2) is 4.90 Å². The molecule has 7 nitrogen and oxygen atoms in total. The lowest BCUT2D eigenvalue weighted by Crippen LogP contribution is -2.42. The zero-order valence-electron chi connectivity index (χ0n) is 14.7. The molecule has 0 amide bonds. The van der Waals surface area contributed by atoms with Crippen molar-refractivity contribution in [1.29, 1.82) is 0 Å². The van der Waals surface area contributed by atoms with E-state index in [1.54, 1.807) is 24.3 Å². The number of rotatable bonds is 6. The number of carbonyl (C=O) groups excluding carboxylic acids is 1. The molecule has 0 heterocycles. The molecule has 3 rings (SSSR count). The maximum Gasteiger partial charge on any atom is 0.289 e. The van der Waals surface area contributed by atoms with Crippen LogP contribution in [0.25, 0.3) is 10.8 Å². The Labute approximate surface area is 166 Å². The van der Waals surface area contributed by atoms with E-state index in [0.717, 1.165) is 27.2 Å². The van der Waals surface area contributed by atoms with Crippen LogP contribution in [0.2, 0.25) is 0 Å². The molecule has 9 heteroatoms. The molecule has 1 unspecified atom stereocenters. The predicted molar refractivity (Wildman–Crippen MR) is 107 cm³/mol. The Hall–Kier alpha value is -2.97. The van der Waals surface area contributed by atoms with Crippen molar-refractivity contribution in [1.82, 2.24) is 0 Å². The summed E-state index contributed by atoms with van der Waals surface area (Å²) in [6, 6.07) is 15.8. The van der Waals surface area contributed by atoms with Crippen LogP contribution in [0.5, 0.6) is 0 Å². The van der Waals surface area contributed by atoms with Gasteiger partial charge in [-0.15, -0.1) is 0 Å². The fourth-order valence-corrected chi connectivity index (χ4v) is 4.84. The quantitative estimate of drug-likeness (QED) is 0.341. The summed E-state index contributed by atoms with van der Waals surface area (Å²) >= 11 is 5.61. The molecule has 0 aliphatic carbocycles. The van der Waals surface area contributed by atoms with Crippen molar-refractivity contribution in [2.75, 3.05) is 4.31 Å². The van der Waals surface area contributed by atoms with Crippen LogP contribution < -0.4 is 4.31 Å². The molecule has 0 aromatic heterocycles. The summed E-state index contributed by atoms with van der Waals surface area (Å²) in [5, 5.41) is 12.0. The standard InChI is InChI=1S/C19H15ClN2O5S/c1-13(19(20)23)21(16-11-10-14-6-2-3-7-15(14)12-16)28(26,27)18-9-5-4-8-17(18)22(24)25/h2-13H,1H3. The van der Waals surface area contributed by atoms with Crippen LogP contribution in [-0.4, -0.2) is 24.6 Å². The lowest BCUT2D eigenvalue weighted by Gasteiger charge is -2.28. The summed E-state index contributed by atoms with van der Waals surface area (Å²) in [5.74, 6) is 0. The van der Waals surface area contributed by atoms with Crippen LogP contribution in [0.15, 0.2) is 71.6 Å². The van der Waals surface area contributed by atoms with Crippen LogP contribution >= 0.6 is 11.6 Å². The summed E-state index contributed by atoms with van der Waals surface area (Å²) in [5.41, 5.74) is -0.402. The average molecular weight is 419 g/mol. The van der Waals surface area contributed by atoms with Gasteiger partial charge in [0.25, 0.3) is 15.7 Å². The van der Waals surface area contributed by atoms with Crippen molar-refractivity contribution >= 4 is 49.0 Å². The van der Waals surface area contributed by atoms with Gasteiger partial charge in [0.05, 0.1) is 10.6 Å². The van der Waals surface area contributed by atoms with Crippen molar-refractivity contribution < 1.29 is 18.1 Å². The second-order valence-electron chi connectivity index (χ2n) is 6.04. The molecule has 3 aromatic carbocycles. The monoisotopic (exact) mass is 418 g/mol. The molecule has 3 aromatic rings. The molecule has 0 bridgehead atoms. The van der Waals surface area contributed by atoms with Crippen molar-refractivity contribution in [2.24, 2.45) is 0 Å². The molecule has 0 aliphatic rings. The van der Waals surface area contributed by atoms with Crippen LogP contribution in [0.4, 0.5) is 11.4 Å². The molecule has 144 valence electrons. The number of benzene rings is 3. The zero-order chi connectivity index (χ0) is 20.5. The molecule has 28 heavy (non-hydrogen) atoms. The van der Waals surface area contributed by atoms with E-state index in [4.69, 9.17) is 11.6 Å². The Morgan fingerprint density at radius 3 is 2.29 bits per heavy atom. The summed E-state index contributed by atoms with van der Waals surface area (Å²) < 4.78 is 27.5. The van der Waals surface area contributed by atoms with E-state index in [2.05, 4.69) is 0 Å². The Bertz CT molecular complexity index is 1180. The number of para-hydroxylation sites is 1. The van der Waals surface area contributed by atoms with Crippen LogP contribution in [0, 0.1) is 10.1 Å². The van der Waals surface area contributed by atoms with E-state index in [1.165, 1.54) is 25.1 Å². The van der Waals surface area contributed by atoms with E-state index in [-0.39, 0.29) is 5.69 Å². The largest absolute Gasteiger partial charge is 0.289 e. The van der Waals surface area contributed by atoms with E-state index >= 15 is 0 Å². The first-order valence-electron chi connectivity index (χ1n) is 8.19. The van der Waals surface area contributed by atoms with Crippen LogP contribution in [-0.2, 0) is 14.8 Å². The number of fused-ring (bicyclic) bond motifs is 1. The molecular weight excluding hydrogens is 404 g/mol. The summed E-state index contributed by atoms with van der Waals surface area (Å²) in [6.07, 6.45) is 0. The predicted octanol–water partition coefficient (Wildman–Crippen LogP) is 4.10. The molecule has 0 radical (unpaired) electrons. The van der Waals surface area contributed by atoms with Crippen LogP contribution in [0.3, 0.4) is 0 Å². The number of hydrogen-bond donors (Lipinski definition) is 0. The maximum atomic E-state index is 13.4. The van der Waals surface area contributed by atoms with Gasteiger partial charge in [-0.05, 0) is 47.5 Å². The van der Waals surface area contributed by atoms with Crippen molar-refractivity contribution in [3.63, 3.8) is 0 Å². The van der Waals surface area contributed by atoms with E-state index in [9.17, 15) is 23.3 Å². The van der Waals surface area contributed by atoms with Gasteiger partial charge in [0.1, 0.15) is 6.04 Å². The van der Waals surface area contributed by atoms with E-state index < -0.39 is 36.8 Å². The van der Waals surface area contributed by atoms with Gasteiger partial charge < -0.3 is 0 Å². The minimum Gasteiger partial charge on any atom is -0.279 e. The molecule has 1 atom stereocenters. The Kier molecular flexibility index (Phi) is 5.35. The number of nitrogens with zero attached hydrogens (tertiary/aromatic N) is 2. The molecule has 0 saturated heterocycles. The Morgan fingerprint density at radius 1 is 1.04 bits per heavy atom. The number of nitro benzene ring substituents is 1. The van der Waals surface area contributed by atoms with Crippen molar-refractivity contribution in [3.8, 4) is 0 Å². The minimum atomic E-state index is -4.46. The van der Waals surface area contributed by atoms with Gasteiger partial charge >= 0.3 is 0 Å². The minimum absolute atomic E-state index is 0.179. The highest BCUT2D eigenvalue weighted by Crippen LogP contribution is 2.33. The molecular formula is C19H15ClN2O5S. The number of carbonyl (C=O) groups is 1. The van der Waals surface area contributed by atoms with E-state index in [0.29, 0.717) is 0 Å². The summed E-state index contributed by atoms with van der Waals surface area (Å²) in [6.45, 7) is 1.33. The first-order valence-corrected chi connectivity index (χ1v) is 10.0. The normalized spacial score (nSPS) is 12.5. The van der Waals surface area contributed by atoms with Crippen molar-refractivity contribution in [2.45, 2.75) is 17.9 Å². The molecule has 0 aliphatic heterocycles. The first-order chi connectivity index (χ1) is 13.2. The number of nitro groups is 1. The maximum absolute atomic E-state index is 13.4. The summed E-state index contributed by atoms with van der Waals surface area (Å²) in [7, 11) is -4.46. The summed E-state index contributed by atoms with van der Waals surface area (Å²) in [4.78, 5) is 21.9. The third-order valence-electron chi connectivity index (χ3n) is 4.27. The average Bonchev–Trinajstić information content (AvgIpc) is 2.67. The Balaban J connectivity index is 2.25. The smallest absolute Gasteiger partial charge is 0.279 e. The van der Waals surface area contributed by atoms with Crippen LogP contribution in [0.1, 0.15) is 6.92 Å². The van der Waals surface area contributed by atoms with Gasteiger partial charge in [0, 0.05) is 6.07 Å². The number of sulfonamides is 1. The highest BCUT2D eigenvalue weighted by molar-refractivity contribution is 7.93. The highest BCUT2D eigenvalue weighted by atomic mass is 35.5. The van der Waals surface area contributed by atoms with E-state index in [1.807, 2.05) is 12.1 Å². The fourth-order valence-electron chi connectivity index (χ4n) is 2.91. The first kappa shape index (κ1) is 19.8. The number of hydrogen-bond acceptors (Lipinski definition) is 5. The van der Waals surface area contributed by atoms with Gasteiger partial charge in [-0.3, -0.25) is 19.2 Å². The molecule has 0 fully saturated rings. The van der Waals surface area contributed by atoms with Gasteiger partial charge in [-0.25, -0.2) is 8.42 Å². The lowest BCUT2D eigenvalue weighted by molar-refractivity contribution is -0.387. The number of anilines is 1. The molecule has 0 N–H and O–H groups in total. The fraction of sp³-hybridized carbons (Fsp3) is 0.105. The number of halogens is 1. The second kappa shape index (κ2) is 7.57. The van der Waals surface area contributed by atoms with Gasteiger partial charge in [-0.2, -0.15) is 0 Å². The molecule has 0 saturated carbocycles. The second-order valence-corrected chi connectivity index (χ2v) is 8.19. The third-order valence-corrected chi connectivity index (χ3v) is 6.53. The van der Waals surface area contributed by atoms with Gasteiger partial charge in [0.2, 0.25) is 5.24 Å². The molecule has 0 spiro atoms. The topological polar surface area (TPSA) is 97.6 Å². The SMILES string of the molecule is CC(C(=O)Cl)N(c1ccc2ccccc2c1)S(=O)(=O)c1ccccc1[N+](=O)[O-]. The van der Waals surface area contributed by atoms with Crippen molar-refractivity contribution in [3.05, 3.63) is 76.8 Å². The Morgan fingerprint density at radius 2 is 1.64 bits per heavy atom. The van der Waals surface area contributed by atoms with Gasteiger partial charge in [-0.1, -0.05) is 42.5 Å². The highest BCUT2D eigenvalue weighted by Gasteiger charge is 2.36.